The molecule has 0 aromatic heterocycles. The van der Waals surface area contributed by atoms with E-state index in [-0.39, 0.29) is 37.5 Å². The van der Waals surface area contributed by atoms with Gasteiger partial charge in [-0.3, -0.25) is 9.59 Å². The number of hydrogen-bond donors (Lipinski definition) is 2. The summed E-state index contributed by atoms with van der Waals surface area (Å²) in [5.74, 6) is -0.696. The summed E-state index contributed by atoms with van der Waals surface area (Å²) in [5, 5.41) is 6.93. The lowest BCUT2D eigenvalue weighted by Crippen LogP contribution is -2.62. The van der Waals surface area contributed by atoms with E-state index in [9.17, 15) is 14.4 Å². The Balaban J connectivity index is 1.37. The third-order valence-corrected chi connectivity index (χ3v) is 7.54. The lowest BCUT2D eigenvalue weighted by atomic mass is 10.0. The van der Waals surface area contributed by atoms with E-state index in [1.165, 1.54) is 9.80 Å². The molecule has 194 valence electrons. The van der Waals surface area contributed by atoms with Crippen LogP contribution in [-0.2, 0) is 4.79 Å². The van der Waals surface area contributed by atoms with Gasteiger partial charge in [0.05, 0.1) is 22.6 Å². The summed E-state index contributed by atoms with van der Waals surface area (Å²) < 4.78 is 0. The molecule has 2 atom stereocenters. The van der Waals surface area contributed by atoms with Crippen LogP contribution in [0, 0.1) is 0 Å². The van der Waals surface area contributed by atoms with E-state index in [2.05, 4.69) is 10.6 Å². The summed E-state index contributed by atoms with van der Waals surface area (Å²) in [7, 11) is 0. The van der Waals surface area contributed by atoms with Crippen LogP contribution >= 0.6 is 34.8 Å². The predicted octanol–water partition coefficient (Wildman–Crippen LogP) is 5.89. The van der Waals surface area contributed by atoms with Crippen molar-refractivity contribution in [3.05, 3.63) is 105 Å². The Morgan fingerprint density at radius 1 is 0.868 bits per heavy atom. The Labute approximate surface area is 235 Å². The van der Waals surface area contributed by atoms with E-state index in [0.29, 0.717) is 26.3 Å². The zero-order chi connectivity index (χ0) is 26.8. The molecule has 2 aliphatic rings. The summed E-state index contributed by atoms with van der Waals surface area (Å²) in [5.41, 5.74) is 2.83. The van der Waals surface area contributed by atoms with Crippen molar-refractivity contribution >= 4 is 64.4 Å². The van der Waals surface area contributed by atoms with E-state index in [0.717, 1.165) is 11.1 Å². The molecule has 1 heterocycles. The van der Waals surface area contributed by atoms with Crippen molar-refractivity contribution in [2.45, 2.75) is 12.1 Å². The number of rotatable bonds is 4. The third-order valence-electron chi connectivity index (χ3n) is 6.57. The zero-order valence-corrected chi connectivity index (χ0v) is 22.3. The second kappa shape index (κ2) is 11.1. The molecule has 38 heavy (non-hydrogen) atoms. The SMILES string of the molecule is O=C(NC1C=Cc2ccccc21)[C@@H]1CN(C(=O)Nc2ccc(Cl)c(Cl)c2)CCN1C(=O)c1cccc(Cl)c1. The average molecular weight is 570 g/mol. The highest BCUT2D eigenvalue weighted by Gasteiger charge is 2.38. The van der Waals surface area contributed by atoms with E-state index >= 15 is 0 Å². The number of benzene rings is 3. The number of urea groups is 1. The van der Waals surface area contributed by atoms with E-state index < -0.39 is 12.1 Å². The summed E-state index contributed by atoms with van der Waals surface area (Å²) in [4.78, 5) is 43.2. The maximum Gasteiger partial charge on any atom is 0.321 e. The van der Waals surface area contributed by atoms with Gasteiger partial charge in [0.15, 0.2) is 0 Å². The number of anilines is 1. The summed E-state index contributed by atoms with van der Waals surface area (Å²) in [6, 6.07) is 17.5. The Morgan fingerprint density at radius 2 is 1.68 bits per heavy atom. The van der Waals surface area contributed by atoms with Crippen LogP contribution in [0.3, 0.4) is 0 Å². The van der Waals surface area contributed by atoms with Crippen LogP contribution in [-0.4, -0.2) is 53.3 Å². The lowest BCUT2D eigenvalue weighted by molar-refractivity contribution is -0.127. The van der Waals surface area contributed by atoms with Gasteiger partial charge >= 0.3 is 6.03 Å². The molecule has 1 aliphatic carbocycles. The van der Waals surface area contributed by atoms with Crippen molar-refractivity contribution < 1.29 is 14.4 Å². The van der Waals surface area contributed by atoms with Gasteiger partial charge in [-0.2, -0.15) is 0 Å². The Kier molecular flexibility index (Phi) is 7.61. The van der Waals surface area contributed by atoms with Gasteiger partial charge in [0.25, 0.3) is 5.91 Å². The molecule has 3 aromatic rings. The highest BCUT2D eigenvalue weighted by atomic mass is 35.5. The smallest absolute Gasteiger partial charge is 0.321 e. The molecule has 10 heteroatoms. The molecule has 1 fully saturated rings. The van der Waals surface area contributed by atoms with Gasteiger partial charge in [0, 0.05) is 29.4 Å². The number of carbonyl (C=O) groups excluding carboxylic acids is 3. The van der Waals surface area contributed by atoms with Crippen LogP contribution in [0.15, 0.2) is 72.8 Å². The molecule has 5 rings (SSSR count). The number of fused-ring (bicyclic) bond motifs is 1. The molecule has 1 unspecified atom stereocenters. The minimum atomic E-state index is -0.920. The Hall–Kier alpha value is -3.52. The van der Waals surface area contributed by atoms with Crippen LogP contribution in [0.5, 0.6) is 0 Å². The van der Waals surface area contributed by atoms with Crippen molar-refractivity contribution in [3.8, 4) is 0 Å². The topological polar surface area (TPSA) is 81.8 Å². The number of amides is 4. The predicted molar refractivity (Wildman–Crippen MR) is 150 cm³/mol. The Morgan fingerprint density at radius 3 is 2.47 bits per heavy atom. The van der Waals surface area contributed by atoms with Gasteiger partial charge in [-0.05, 0) is 47.5 Å². The van der Waals surface area contributed by atoms with Crippen LogP contribution in [0.1, 0.15) is 27.5 Å². The molecule has 0 bridgehead atoms. The third kappa shape index (κ3) is 5.50. The van der Waals surface area contributed by atoms with Crippen LogP contribution in [0.4, 0.5) is 10.5 Å². The van der Waals surface area contributed by atoms with E-state index in [1.54, 1.807) is 42.5 Å². The number of hydrogen-bond acceptors (Lipinski definition) is 3. The van der Waals surface area contributed by atoms with Gasteiger partial charge in [0.1, 0.15) is 6.04 Å². The molecule has 0 radical (unpaired) electrons. The first-order valence-electron chi connectivity index (χ1n) is 11.9. The second-order valence-corrected chi connectivity index (χ2v) is 10.3. The number of halogens is 3. The zero-order valence-electron chi connectivity index (χ0n) is 20.0. The fourth-order valence-corrected chi connectivity index (χ4v) is 5.11. The van der Waals surface area contributed by atoms with Gasteiger partial charge in [0.2, 0.25) is 5.91 Å². The fraction of sp³-hybridized carbons (Fsp3) is 0.179. The normalized spacial score (nSPS) is 18.2. The molecule has 0 spiro atoms. The molecule has 0 saturated carbocycles. The first-order chi connectivity index (χ1) is 18.3. The average Bonchev–Trinajstić information content (AvgIpc) is 3.32. The number of nitrogens with one attached hydrogen (secondary N) is 2. The number of carbonyl (C=O) groups is 3. The molecular weight excluding hydrogens is 547 g/mol. The van der Waals surface area contributed by atoms with Crippen molar-refractivity contribution in [1.82, 2.24) is 15.1 Å². The maximum absolute atomic E-state index is 13.6. The quantitative estimate of drug-likeness (QED) is 0.411. The Bertz CT molecular complexity index is 1440. The second-order valence-electron chi connectivity index (χ2n) is 9.00. The van der Waals surface area contributed by atoms with Crippen LogP contribution in [0.25, 0.3) is 6.08 Å². The minimum Gasteiger partial charge on any atom is -0.344 e. The molecule has 4 amide bonds. The highest BCUT2D eigenvalue weighted by molar-refractivity contribution is 6.42. The van der Waals surface area contributed by atoms with Crippen molar-refractivity contribution in [2.75, 3.05) is 25.0 Å². The molecule has 3 aromatic carbocycles. The standard InChI is InChI=1S/C28H23Cl3N4O3/c29-19-6-3-5-18(14-19)27(37)35-13-12-34(28(38)32-20-9-10-22(30)23(31)15-20)16-25(35)26(36)33-24-11-8-17-4-1-2-7-21(17)24/h1-11,14-15,24-25H,12-13,16H2,(H,32,38)(H,33,36)/t24?,25-/m0/s1. The number of nitrogens with zero attached hydrogens (tertiary/aromatic N) is 2. The molecular formula is C28H23Cl3N4O3. The van der Waals surface area contributed by atoms with Gasteiger partial charge < -0.3 is 20.4 Å². The van der Waals surface area contributed by atoms with Gasteiger partial charge in [-0.25, -0.2) is 4.79 Å². The monoisotopic (exact) mass is 568 g/mol. The summed E-state index contributed by atoms with van der Waals surface area (Å²) >= 11 is 18.2. The molecule has 1 saturated heterocycles. The molecule has 1 aliphatic heterocycles. The van der Waals surface area contributed by atoms with Crippen LogP contribution in [0.2, 0.25) is 15.1 Å². The summed E-state index contributed by atoms with van der Waals surface area (Å²) in [6.45, 7) is 0.397. The lowest BCUT2D eigenvalue weighted by Gasteiger charge is -2.40. The van der Waals surface area contributed by atoms with Gasteiger partial charge in [-0.15, -0.1) is 0 Å². The minimum absolute atomic E-state index is 0.00335. The number of piperazine rings is 1. The first kappa shape index (κ1) is 26.1. The van der Waals surface area contributed by atoms with Crippen molar-refractivity contribution in [2.24, 2.45) is 0 Å². The molecule has 7 nitrogen and oxygen atoms in total. The van der Waals surface area contributed by atoms with E-state index in [4.69, 9.17) is 34.8 Å². The fourth-order valence-electron chi connectivity index (χ4n) is 4.62. The highest BCUT2D eigenvalue weighted by Crippen LogP contribution is 2.29. The summed E-state index contributed by atoms with van der Waals surface area (Å²) in [6.07, 6.45) is 3.86. The van der Waals surface area contributed by atoms with Crippen molar-refractivity contribution in [1.29, 1.82) is 0 Å². The largest absolute Gasteiger partial charge is 0.344 e. The van der Waals surface area contributed by atoms with Crippen molar-refractivity contribution in [3.63, 3.8) is 0 Å². The van der Waals surface area contributed by atoms with Crippen LogP contribution < -0.4 is 10.6 Å². The first-order valence-corrected chi connectivity index (χ1v) is 13.1. The van der Waals surface area contributed by atoms with E-state index in [1.807, 2.05) is 36.4 Å². The maximum atomic E-state index is 13.6. The van der Waals surface area contributed by atoms with Gasteiger partial charge in [-0.1, -0.05) is 77.3 Å². The molecule has 2 N–H and O–H groups in total.